The van der Waals surface area contributed by atoms with Crippen LogP contribution in [0.3, 0.4) is 0 Å². The Morgan fingerprint density at radius 2 is 0.0635 bits per heavy atom. The van der Waals surface area contributed by atoms with Crippen LogP contribution in [0.1, 0.15) is 443 Å². The third kappa shape index (κ3) is 31.5. The highest BCUT2D eigenvalue weighted by molar-refractivity contribution is 5.15. The summed E-state index contributed by atoms with van der Waals surface area (Å²) in [6.45, 7) is 182. The van der Waals surface area contributed by atoms with Gasteiger partial charge < -0.3 is 0 Å². The van der Waals surface area contributed by atoms with Gasteiger partial charge in [-0.05, 0) is 367 Å². The van der Waals surface area contributed by atoms with Gasteiger partial charge in [0.05, 0.1) is 0 Å². The van der Waals surface area contributed by atoms with Crippen LogP contribution in [0.25, 0.3) is 0 Å². The Kier molecular flexibility index (Phi) is 55.6. The van der Waals surface area contributed by atoms with Gasteiger partial charge in [-0.1, -0.05) is 443 Å². The molecule has 0 aromatic heterocycles. The smallest absolute Gasteiger partial charge is 0.0312 e. The second-order valence-electron chi connectivity index (χ2n) is 57.1. The summed E-state index contributed by atoms with van der Waals surface area (Å²) >= 11 is 0. The quantitative estimate of drug-likeness (QED) is 0.0569. The summed E-state index contributed by atoms with van der Waals surface area (Å²) in [5.74, 6) is 28.3. The molecule has 0 rings (SSSR count). The van der Waals surface area contributed by atoms with E-state index in [1.165, 1.54) is 0 Å². The predicted octanol–water partition coefficient (Wildman–Crippen LogP) is 40.5. The van der Waals surface area contributed by atoms with Crippen LogP contribution in [-0.2, 0) is 0 Å². The minimum Gasteiger partial charge on any atom is -0.0625 e. The van der Waals surface area contributed by atoms with E-state index in [-0.39, 0.29) is 0 Å². The fraction of sp³-hybridized carbons (Fsp3) is 1.00. The normalized spacial score (nSPS) is 14.8. The second kappa shape index (κ2) is 55.6. The van der Waals surface area contributed by atoms with Crippen LogP contribution in [0.5, 0.6) is 0 Å². The van der Waals surface area contributed by atoms with Crippen LogP contribution in [0.15, 0.2) is 0 Å². The minimum absolute atomic E-state index is 0.305. The first-order chi connectivity index (χ1) is 57.3. The van der Waals surface area contributed by atoms with Crippen molar-refractivity contribution in [3.05, 3.63) is 0 Å². The zero-order valence-electron chi connectivity index (χ0n) is 99.8. The highest BCUT2D eigenvalue weighted by Gasteiger charge is 2.68. The van der Waals surface area contributed by atoms with Crippen LogP contribution in [0.4, 0.5) is 0 Å². The molecule has 0 fully saturated rings. The maximum atomic E-state index is 2.85. The van der Waals surface area contributed by atoms with E-state index in [4.69, 9.17) is 0 Å². The van der Waals surface area contributed by atoms with Gasteiger partial charge in [-0.15, -0.1) is 0 Å². The van der Waals surface area contributed by atoms with E-state index in [0.29, 0.717) is 367 Å². The molecule has 0 atom stereocenters. The summed E-state index contributed by atoms with van der Waals surface area (Å²) in [5.41, 5.74) is 0. The van der Waals surface area contributed by atoms with Crippen molar-refractivity contribution in [2.45, 2.75) is 443 Å². The van der Waals surface area contributed by atoms with Crippen LogP contribution >= 0.6 is 0 Å². The Hall–Kier alpha value is 0. The molecule has 0 bridgehead atoms. The van der Waals surface area contributed by atoms with Crippen LogP contribution in [0.2, 0.25) is 0 Å². The van der Waals surface area contributed by atoms with Crippen molar-refractivity contribution in [1.82, 2.24) is 0 Å². The van der Waals surface area contributed by atoms with Gasteiger partial charge in [-0.3, -0.25) is 0 Å². The third-order valence-corrected chi connectivity index (χ3v) is 37.5. The molecule has 0 unspecified atom stereocenters. The molecule has 0 amide bonds. The van der Waals surface area contributed by atoms with E-state index in [1.807, 2.05) is 0 Å². The van der Waals surface area contributed by atoms with Gasteiger partial charge in [0.1, 0.15) is 0 Å². The molecule has 0 aliphatic carbocycles. The van der Waals surface area contributed by atoms with Crippen LogP contribution in [-0.4, -0.2) is 0 Å². The van der Waals surface area contributed by atoms with Crippen molar-refractivity contribution in [3.8, 4) is 0 Å². The molecule has 0 saturated heterocycles. The third-order valence-electron chi connectivity index (χ3n) is 37.5. The molecule has 0 spiro atoms. The molecule has 0 nitrogen and oxygen atoms in total. The fourth-order valence-corrected chi connectivity index (χ4v) is 37.3. The fourth-order valence-electron chi connectivity index (χ4n) is 37.3. The second-order valence-corrected chi connectivity index (χ2v) is 57.1. The van der Waals surface area contributed by atoms with Gasteiger partial charge in [0, 0.05) is 0 Å². The summed E-state index contributed by atoms with van der Waals surface area (Å²) in [7, 11) is 0. The first-order valence-corrected chi connectivity index (χ1v) is 57.3. The predicted molar refractivity (Wildman–Crippen MR) is 580 cm³/mol. The molecule has 0 heteroatoms. The highest BCUT2D eigenvalue weighted by atomic mass is 14.7. The summed E-state index contributed by atoms with van der Waals surface area (Å²) in [4.78, 5) is 0. The maximum absolute atomic E-state index is 2.85. The Bertz CT molecular complexity index is 1910. The zero-order chi connectivity index (χ0) is 99.8. The van der Waals surface area contributed by atoms with E-state index in [1.54, 1.807) is 0 Å². The number of hydrogen-bond acceptors (Lipinski definition) is 0. The van der Waals surface area contributed by atoms with Crippen molar-refractivity contribution in [1.29, 1.82) is 0 Å². The Labute approximate surface area is 804 Å². The molecule has 0 aromatic carbocycles. The van der Waals surface area contributed by atoms with Gasteiger partial charge in [0.2, 0.25) is 0 Å². The molecule has 0 radical (unpaired) electrons. The molecular formula is C126H254. The van der Waals surface area contributed by atoms with Gasteiger partial charge in [0.15, 0.2) is 0 Å². The molecule has 126 heavy (non-hydrogen) atoms. The van der Waals surface area contributed by atoms with Gasteiger partial charge in [-0.25, -0.2) is 0 Å². The lowest BCUT2D eigenvalue weighted by Gasteiger charge is -2.68. The van der Waals surface area contributed by atoms with Crippen LogP contribution in [0, 0.1) is 367 Å². The summed E-state index contributed by atoms with van der Waals surface area (Å²) < 4.78 is 0. The number of rotatable bonds is 61. The monoisotopic (exact) mass is 1770 g/mol. The maximum Gasteiger partial charge on any atom is -0.0312 e. The summed E-state index contributed by atoms with van der Waals surface area (Å²) in [5, 5.41) is 0. The number of hydrogen-bond donors (Lipinski definition) is 0. The topological polar surface area (TPSA) is 0 Å². The lowest BCUT2D eigenvalue weighted by atomic mass is 9.36. The molecule has 0 aliphatic rings. The largest absolute Gasteiger partial charge is 0.0625 e. The average molecular weight is 1770 g/mol. The Morgan fingerprint density at radius 3 is 0.0873 bits per heavy atom. The Morgan fingerprint density at radius 1 is 0.0397 bits per heavy atom. The van der Waals surface area contributed by atoms with E-state index in [9.17, 15) is 0 Å². The van der Waals surface area contributed by atoms with E-state index in [2.05, 4.69) is 443 Å². The van der Waals surface area contributed by atoms with E-state index in [0.717, 1.165) is 0 Å². The standard InChI is InChI=1S/C126H254/c1-65(2)97(66(3)4)113(98(67(5)6)68(7)8)121(114(99(69(9)10)70(11)12)100(71(13)14)72(15)16)125(122(115(101(73(17)18)74(19)20)102(75(21)22)76(23)24)116(103(77(25)26)78(27)28)104(79(29)30)80(31)32)126(123(117(105(81(33)34)82(35)36)106(83(37)38)84(39)40)118(107(85(41)42)86(43)44)108(87(45)46)88(47)48)124(119(109(89(49)50)90(51)52)110(91(53)54)92(55)56)120(111(93(57)58)94(59)60)112(95(61)62)96(63)64/h65-126H,1-64H3. The summed E-state index contributed by atoms with van der Waals surface area (Å²) in [6, 6.07) is 0. The first kappa shape index (κ1) is 126. The molecule has 0 N–H and O–H groups in total. The molecule has 758 valence electrons. The SMILES string of the molecule is CC(C)C(C(C)C)C(C(C(C)C)C(C)C)C(C(C(C(C)C)C(C)C)C(C(C)C)C(C)C)C(C(C(C(C(C)C)C(C)C)C(C(C)C)C(C)C)C(C(C(C)C)C(C)C)C(C(C)C)C(C)C)C(C(C(C(C(C)C)C(C)C)C(C(C)C)C(C)C)C(C(C(C)C)C(C)C)C(C(C)C)C(C)C)C(C(C(C(C)C)C(C)C)C(C(C)C)C(C)C)C(C(C(C)C)C(C)C)C(C(C)C)C(C)C. The molecule has 0 heterocycles. The summed E-state index contributed by atoms with van der Waals surface area (Å²) in [6.07, 6.45) is 0. The van der Waals surface area contributed by atoms with Crippen molar-refractivity contribution in [2.75, 3.05) is 0 Å². The molecular weight excluding hydrogens is 1510 g/mol. The molecule has 0 aliphatic heterocycles. The van der Waals surface area contributed by atoms with Gasteiger partial charge in [0.25, 0.3) is 0 Å². The molecule has 0 saturated carbocycles. The van der Waals surface area contributed by atoms with Crippen molar-refractivity contribution in [2.24, 2.45) is 367 Å². The van der Waals surface area contributed by atoms with Gasteiger partial charge >= 0.3 is 0 Å². The average Bonchev–Trinajstić information content (AvgIpc) is 0.698. The Balaban J connectivity index is 17.2. The van der Waals surface area contributed by atoms with Crippen molar-refractivity contribution >= 4 is 0 Å². The molecule has 0 aromatic rings. The van der Waals surface area contributed by atoms with Crippen molar-refractivity contribution < 1.29 is 0 Å². The van der Waals surface area contributed by atoms with Crippen molar-refractivity contribution in [3.63, 3.8) is 0 Å². The van der Waals surface area contributed by atoms with E-state index >= 15 is 0 Å². The minimum atomic E-state index is 0.305. The lowest BCUT2D eigenvalue weighted by Crippen LogP contribution is -2.64. The van der Waals surface area contributed by atoms with Crippen LogP contribution < -0.4 is 0 Å². The lowest BCUT2D eigenvalue weighted by molar-refractivity contribution is -0.212. The highest BCUT2D eigenvalue weighted by Crippen LogP contribution is 2.72. The van der Waals surface area contributed by atoms with Gasteiger partial charge in [-0.2, -0.15) is 0 Å². The zero-order valence-corrected chi connectivity index (χ0v) is 99.8. The first-order valence-electron chi connectivity index (χ1n) is 57.3. The van der Waals surface area contributed by atoms with E-state index < -0.39 is 0 Å².